The van der Waals surface area contributed by atoms with Crippen LogP contribution in [-0.2, 0) is 17.3 Å². The van der Waals surface area contributed by atoms with Crippen LogP contribution < -0.4 is 5.56 Å². The van der Waals surface area contributed by atoms with E-state index in [0.717, 1.165) is 4.90 Å². The highest BCUT2D eigenvalue weighted by molar-refractivity contribution is 8.00. The first-order valence-corrected chi connectivity index (χ1v) is 10.7. The van der Waals surface area contributed by atoms with Crippen LogP contribution in [0.15, 0.2) is 76.0 Å². The topological polar surface area (TPSA) is 52.0 Å². The Balaban J connectivity index is 1.83. The van der Waals surface area contributed by atoms with Crippen molar-refractivity contribution >= 4 is 45.1 Å². The van der Waals surface area contributed by atoms with E-state index in [9.17, 15) is 9.00 Å². The Morgan fingerprint density at radius 1 is 1.23 bits per heavy atom. The van der Waals surface area contributed by atoms with Crippen LogP contribution in [0.1, 0.15) is 0 Å². The second-order valence-corrected chi connectivity index (χ2v) is 8.54. The SMILES string of the molecule is C=CCn1c(SCCS(=O)c2ccccc2)nc2ccc(Cl)cc2c1=O. The molecule has 0 aliphatic carbocycles. The number of hydrogen-bond acceptors (Lipinski definition) is 4. The molecule has 1 heterocycles. The zero-order chi connectivity index (χ0) is 18.5. The molecule has 1 aromatic heterocycles. The molecule has 1 atom stereocenters. The summed E-state index contributed by atoms with van der Waals surface area (Å²) in [5.74, 6) is 1.07. The van der Waals surface area contributed by atoms with Gasteiger partial charge in [0.25, 0.3) is 5.56 Å². The number of benzene rings is 2. The number of hydrogen-bond donors (Lipinski definition) is 0. The maximum atomic E-state index is 12.8. The minimum atomic E-state index is -1.08. The normalized spacial score (nSPS) is 12.2. The number of thioether (sulfide) groups is 1. The van der Waals surface area contributed by atoms with Gasteiger partial charge in [-0.2, -0.15) is 0 Å². The monoisotopic (exact) mass is 404 g/mol. The second kappa shape index (κ2) is 8.66. The molecular formula is C19H17ClN2O2S2. The molecule has 0 aliphatic rings. The lowest BCUT2D eigenvalue weighted by Gasteiger charge is -2.11. The second-order valence-electron chi connectivity index (χ2n) is 5.47. The molecule has 0 saturated heterocycles. The molecule has 0 N–H and O–H groups in total. The fraction of sp³-hybridized carbons (Fsp3) is 0.158. The summed E-state index contributed by atoms with van der Waals surface area (Å²) in [4.78, 5) is 18.1. The highest BCUT2D eigenvalue weighted by Crippen LogP contribution is 2.21. The zero-order valence-corrected chi connectivity index (χ0v) is 16.3. The van der Waals surface area contributed by atoms with Gasteiger partial charge in [0.1, 0.15) is 0 Å². The zero-order valence-electron chi connectivity index (χ0n) is 13.9. The summed E-state index contributed by atoms with van der Waals surface area (Å²) in [6.07, 6.45) is 1.66. The van der Waals surface area contributed by atoms with E-state index in [1.165, 1.54) is 11.8 Å². The van der Waals surface area contributed by atoms with Crippen molar-refractivity contribution in [3.8, 4) is 0 Å². The number of aromatic nitrogens is 2. The van der Waals surface area contributed by atoms with Crippen molar-refractivity contribution in [1.29, 1.82) is 0 Å². The molecule has 0 radical (unpaired) electrons. The molecule has 0 spiro atoms. The van der Waals surface area contributed by atoms with Gasteiger partial charge < -0.3 is 0 Å². The van der Waals surface area contributed by atoms with Crippen LogP contribution in [0.4, 0.5) is 0 Å². The number of allylic oxidation sites excluding steroid dienone is 1. The van der Waals surface area contributed by atoms with E-state index < -0.39 is 10.8 Å². The molecule has 26 heavy (non-hydrogen) atoms. The van der Waals surface area contributed by atoms with E-state index in [-0.39, 0.29) is 5.56 Å². The van der Waals surface area contributed by atoms with Gasteiger partial charge in [0.15, 0.2) is 5.16 Å². The summed E-state index contributed by atoms with van der Waals surface area (Å²) >= 11 is 7.42. The van der Waals surface area contributed by atoms with Gasteiger partial charge in [-0.15, -0.1) is 6.58 Å². The molecular weight excluding hydrogens is 388 g/mol. The maximum absolute atomic E-state index is 12.8. The van der Waals surface area contributed by atoms with E-state index in [1.54, 1.807) is 28.8 Å². The summed E-state index contributed by atoms with van der Waals surface area (Å²) in [6.45, 7) is 4.07. The van der Waals surface area contributed by atoms with Crippen LogP contribution in [0, 0.1) is 0 Å². The number of nitrogens with zero attached hydrogens (tertiary/aromatic N) is 2. The lowest BCUT2D eigenvalue weighted by atomic mass is 10.2. The number of rotatable bonds is 7. The van der Waals surface area contributed by atoms with Crippen LogP contribution in [0.5, 0.6) is 0 Å². The molecule has 1 unspecified atom stereocenters. The first-order chi connectivity index (χ1) is 12.6. The highest BCUT2D eigenvalue weighted by atomic mass is 35.5. The number of halogens is 1. The Kier molecular flexibility index (Phi) is 6.29. The minimum absolute atomic E-state index is 0.149. The van der Waals surface area contributed by atoms with Crippen LogP contribution in [0.2, 0.25) is 5.02 Å². The van der Waals surface area contributed by atoms with Gasteiger partial charge in [0, 0.05) is 28.0 Å². The first kappa shape index (κ1) is 18.9. The molecule has 0 saturated carbocycles. The van der Waals surface area contributed by atoms with E-state index in [4.69, 9.17) is 11.6 Å². The Morgan fingerprint density at radius 2 is 2.00 bits per heavy atom. The quantitative estimate of drug-likeness (QED) is 0.337. The van der Waals surface area contributed by atoms with Crippen molar-refractivity contribution < 1.29 is 4.21 Å². The van der Waals surface area contributed by atoms with Crippen molar-refractivity contribution in [3.63, 3.8) is 0 Å². The highest BCUT2D eigenvalue weighted by Gasteiger charge is 2.12. The van der Waals surface area contributed by atoms with Crippen LogP contribution >= 0.6 is 23.4 Å². The van der Waals surface area contributed by atoms with E-state index >= 15 is 0 Å². The molecule has 4 nitrogen and oxygen atoms in total. The summed E-state index contributed by atoms with van der Waals surface area (Å²) in [7, 11) is -1.08. The Labute approximate surface area is 163 Å². The van der Waals surface area contributed by atoms with E-state index in [2.05, 4.69) is 11.6 Å². The molecule has 3 rings (SSSR count). The third-order valence-electron chi connectivity index (χ3n) is 3.70. The molecule has 7 heteroatoms. The number of fused-ring (bicyclic) bond motifs is 1. The van der Waals surface area contributed by atoms with Crippen molar-refractivity contribution in [3.05, 3.63) is 76.6 Å². The third kappa shape index (κ3) is 4.26. The smallest absolute Gasteiger partial charge is 0.262 e. The lowest BCUT2D eigenvalue weighted by Crippen LogP contribution is -2.23. The van der Waals surface area contributed by atoms with E-state index in [1.807, 2.05) is 30.3 Å². The maximum Gasteiger partial charge on any atom is 0.262 e. The minimum Gasteiger partial charge on any atom is -0.283 e. The van der Waals surface area contributed by atoms with Crippen molar-refractivity contribution in [1.82, 2.24) is 9.55 Å². The Bertz CT molecular complexity index is 1020. The lowest BCUT2D eigenvalue weighted by molar-refractivity contribution is 0.671. The van der Waals surface area contributed by atoms with Gasteiger partial charge in [-0.05, 0) is 30.3 Å². The molecule has 0 fully saturated rings. The van der Waals surface area contributed by atoms with Gasteiger partial charge in [0.2, 0.25) is 0 Å². The van der Waals surface area contributed by atoms with Crippen molar-refractivity contribution in [2.45, 2.75) is 16.6 Å². The van der Waals surface area contributed by atoms with Gasteiger partial charge in [0.05, 0.1) is 21.7 Å². The average Bonchev–Trinajstić information content (AvgIpc) is 2.66. The van der Waals surface area contributed by atoms with Crippen molar-refractivity contribution in [2.24, 2.45) is 0 Å². The Morgan fingerprint density at radius 3 is 2.73 bits per heavy atom. The predicted molar refractivity (Wildman–Crippen MR) is 110 cm³/mol. The standard InChI is InChI=1S/C19H17ClN2O2S2/c1-2-10-22-18(23)16-13-14(20)8-9-17(16)21-19(22)25-11-12-26(24)15-6-4-3-5-7-15/h2-9,13H,1,10-12H2. The van der Waals surface area contributed by atoms with Gasteiger partial charge >= 0.3 is 0 Å². The Hall–Kier alpha value is -1.89. The molecule has 134 valence electrons. The molecule has 3 aromatic rings. The summed E-state index contributed by atoms with van der Waals surface area (Å²) in [5.41, 5.74) is 0.454. The first-order valence-electron chi connectivity index (χ1n) is 7.97. The summed E-state index contributed by atoms with van der Waals surface area (Å²) in [6, 6.07) is 14.4. The van der Waals surface area contributed by atoms with Gasteiger partial charge in [-0.25, -0.2) is 4.98 Å². The van der Waals surface area contributed by atoms with Crippen LogP contribution in [0.25, 0.3) is 10.9 Å². The predicted octanol–water partition coefficient (Wildman–Crippen LogP) is 4.14. The molecule has 2 aromatic carbocycles. The van der Waals surface area contributed by atoms with Crippen LogP contribution in [-0.4, -0.2) is 25.3 Å². The fourth-order valence-electron chi connectivity index (χ4n) is 2.47. The fourth-order valence-corrected chi connectivity index (χ4v) is 4.94. The summed E-state index contributed by atoms with van der Waals surface area (Å²) < 4.78 is 13.9. The summed E-state index contributed by atoms with van der Waals surface area (Å²) in [5, 5.41) is 1.58. The largest absolute Gasteiger partial charge is 0.283 e. The third-order valence-corrected chi connectivity index (χ3v) is 6.54. The van der Waals surface area contributed by atoms with Crippen molar-refractivity contribution in [2.75, 3.05) is 11.5 Å². The molecule has 0 aliphatic heterocycles. The van der Waals surface area contributed by atoms with Crippen LogP contribution in [0.3, 0.4) is 0 Å². The van der Waals surface area contributed by atoms with Gasteiger partial charge in [-0.3, -0.25) is 13.6 Å². The van der Waals surface area contributed by atoms with E-state index in [0.29, 0.717) is 39.1 Å². The van der Waals surface area contributed by atoms with Gasteiger partial charge in [-0.1, -0.05) is 47.6 Å². The average molecular weight is 405 g/mol. The molecule has 0 amide bonds. The molecule has 0 bridgehead atoms.